The van der Waals surface area contributed by atoms with E-state index in [4.69, 9.17) is 16.3 Å². The van der Waals surface area contributed by atoms with E-state index < -0.39 is 0 Å². The third-order valence-electron chi connectivity index (χ3n) is 3.35. The summed E-state index contributed by atoms with van der Waals surface area (Å²) in [6, 6.07) is 14.6. The number of fused-ring (bicyclic) bond motifs is 1. The van der Waals surface area contributed by atoms with E-state index in [1.807, 2.05) is 12.1 Å². The summed E-state index contributed by atoms with van der Waals surface area (Å²) in [7, 11) is 0. The van der Waals surface area contributed by atoms with Gasteiger partial charge in [0.25, 0.3) is 0 Å². The minimum absolute atomic E-state index is 0.101. The van der Waals surface area contributed by atoms with E-state index in [9.17, 15) is 0 Å². The Morgan fingerprint density at radius 1 is 1.21 bits per heavy atom. The molecule has 0 saturated heterocycles. The van der Waals surface area contributed by atoms with E-state index in [1.165, 1.54) is 9.13 Å². The van der Waals surface area contributed by atoms with E-state index in [1.54, 1.807) is 0 Å². The monoisotopic (exact) mass is 384 g/mol. The summed E-state index contributed by atoms with van der Waals surface area (Å²) in [6.07, 6.45) is 1.25. The highest BCUT2D eigenvalue weighted by molar-refractivity contribution is 14.1. The third-order valence-corrected chi connectivity index (χ3v) is 4.53. The Hall–Kier alpha value is -0.740. The molecule has 0 fully saturated rings. The Bertz CT molecular complexity index is 611. The molecule has 1 aliphatic rings. The number of alkyl halides is 1. The average molecular weight is 385 g/mol. The van der Waals surface area contributed by atoms with Crippen molar-refractivity contribution in [2.24, 2.45) is 0 Å². The van der Waals surface area contributed by atoms with Gasteiger partial charge in [0, 0.05) is 9.99 Å². The van der Waals surface area contributed by atoms with Crippen LogP contribution in [0.25, 0.3) is 0 Å². The lowest BCUT2D eigenvalue weighted by atomic mass is 10.0. The molecule has 3 heteroatoms. The van der Waals surface area contributed by atoms with Gasteiger partial charge in [-0.15, -0.1) is 11.6 Å². The maximum Gasteiger partial charge on any atom is 0.123 e. The summed E-state index contributed by atoms with van der Waals surface area (Å²) in [4.78, 5) is 0. The number of hydrogen-bond donors (Lipinski definition) is 0. The Kier molecular flexibility index (Phi) is 3.72. The first-order valence-corrected chi connectivity index (χ1v) is 7.84. The lowest BCUT2D eigenvalue weighted by Crippen LogP contribution is -2.05. The predicted molar refractivity (Wildman–Crippen MR) is 87.1 cm³/mol. The van der Waals surface area contributed by atoms with E-state index in [0.717, 1.165) is 23.3 Å². The second-order valence-corrected chi connectivity index (χ2v) is 6.60. The highest BCUT2D eigenvalue weighted by Gasteiger charge is 2.21. The number of benzene rings is 2. The summed E-state index contributed by atoms with van der Waals surface area (Å²) < 4.78 is 6.93. The average Bonchev–Trinajstić information content (AvgIpc) is 2.76. The molecule has 2 aromatic rings. The highest BCUT2D eigenvalue weighted by Crippen LogP contribution is 2.35. The summed E-state index contributed by atoms with van der Waals surface area (Å²) in [5, 5.41) is -0.101. The molecule has 0 saturated carbocycles. The molecular weight excluding hydrogens is 371 g/mol. The van der Waals surface area contributed by atoms with E-state index in [0.29, 0.717) is 0 Å². The van der Waals surface area contributed by atoms with Gasteiger partial charge in [0.2, 0.25) is 0 Å². The van der Waals surface area contributed by atoms with Gasteiger partial charge < -0.3 is 4.74 Å². The van der Waals surface area contributed by atoms with Gasteiger partial charge in [0.05, 0.1) is 5.38 Å². The molecule has 3 rings (SSSR count). The van der Waals surface area contributed by atoms with Gasteiger partial charge >= 0.3 is 0 Å². The van der Waals surface area contributed by atoms with E-state index >= 15 is 0 Å². The summed E-state index contributed by atoms with van der Waals surface area (Å²) >= 11 is 8.91. The fraction of sp³-hybridized carbons (Fsp3) is 0.250. The molecule has 1 nitrogen and oxygen atoms in total. The van der Waals surface area contributed by atoms with Crippen LogP contribution in [0.15, 0.2) is 42.5 Å². The van der Waals surface area contributed by atoms with Crippen LogP contribution in [0.4, 0.5) is 0 Å². The number of rotatable bonds is 2. The maximum absolute atomic E-state index is 6.60. The van der Waals surface area contributed by atoms with Crippen molar-refractivity contribution in [3.63, 3.8) is 0 Å². The van der Waals surface area contributed by atoms with Crippen molar-refractivity contribution < 1.29 is 4.74 Å². The molecule has 0 spiro atoms. The molecule has 19 heavy (non-hydrogen) atoms. The van der Waals surface area contributed by atoms with Crippen molar-refractivity contribution >= 4 is 34.2 Å². The van der Waals surface area contributed by atoms with Gasteiger partial charge in [0.1, 0.15) is 11.9 Å². The molecule has 2 unspecified atom stereocenters. The van der Waals surface area contributed by atoms with Crippen LogP contribution in [0.5, 0.6) is 5.75 Å². The van der Waals surface area contributed by atoms with Crippen molar-refractivity contribution in [2.75, 3.05) is 0 Å². The zero-order valence-corrected chi connectivity index (χ0v) is 13.5. The molecular formula is C16H14ClIO. The molecule has 0 amide bonds. The molecule has 0 aliphatic carbocycles. The number of halogens is 2. The molecule has 0 aromatic heterocycles. The maximum atomic E-state index is 6.60. The predicted octanol–water partition coefficient (Wildman–Crippen LogP) is 4.94. The van der Waals surface area contributed by atoms with Crippen molar-refractivity contribution in [3.8, 4) is 5.75 Å². The molecule has 2 aromatic carbocycles. The van der Waals surface area contributed by atoms with Crippen molar-refractivity contribution in [3.05, 3.63) is 62.7 Å². The summed E-state index contributed by atoms with van der Waals surface area (Å²) in [6.45, 7) is 2.09. The van der Waals surface area contributed by atoms with Crippen LogP contribution < -0.4 is 4.74 Å². The second kappa shape index (κ2) is 5.33. The third kappa shape index (κ3) is 2.75. The van der Waals surface area contributed by atoms with Crippen LogP contribution in [0.3, 0.4) is 0 Å². The molecule has 0 bridgehead atoms. The SMILES string of the molecule is CC1Cc2cc(C(Cl)c3cccc(I)c3)ccc2O1. The van der Waals surface area contributed by atoms with Crippen molar-refractivity contribution in [1.29, 1.82) is 0 Å². The first kappa shape index (κ1) is 13.3. The Balaban J connectivity index is 1.93. The van der Waals surface area contributed by atoms with Crippen LogP contribution in [0, 0.1) is 3.57 Å². The zero-order valence-electron chi connectivity index (χ0n) is 10.6. The van der Waals surface area contributed by atoms with Crippen LogP contribution in [-0.2, 0) is 6.42 Å². The standard InChI is InChI=1S/C16H14ClIO/c1-10-7-13-8-12(5-6-15(13)19-10)16(17)11-3-2-4-14(18)9-11/h2-6,8-10,16H,7H2,1H3. The quantitative estimate of drug-likeness (QED) is 0.526. The van der Waals surface area contributed by atoms with Gasteiger partial charge in [0.15, 0.2) is 0 Å². The smallest absolute Gasteiger partial charge is 0.123 e. The first-order valence-electron chi connectivity index (χ1n) is 6.32. The summed E-state index contributed by atoms with van der Waals surface area (Å²) in [5.74, 6) is 1.00. The van der Waals surface area contributed by atoms with Gasteiger partial charge in [-0.3, -0.25) is 0 Å². The molecule has 0 N–H and O–H groups in total. The lowest BCUT2D eigenvalue weighted by Gasteiger charge is -2.12. The Labute approximate surface area is 132 Å². The molecule has 98 valence electrons. The highest BCUT2D eigenvalue weighted by atomic mass is 127. The van der Waals surface area contributed by atoms with Crippen molar-refractivity contribution in [1.82, 2.24) is 0 Å². The van der Waals surface area contributed by atoms with Gasteiger partial charge in [-0.25, -0.2) is 0 Å². The second-order valence-electron chi connectivity index (χ2n) is 4.92. The lowest BCUT2D eigenvalue weighted by molar-refractivity contribution is 0.254. The van der Waals surface area contributed by atoms with Gasteiger partial charge in [-0.2, -0.15) is 0 Å². The van der Waals surface area contributed by atoms with Crippen LogP contribution >= 0.6 is 34.2 Å². The molecule has 0 radical (unpaired) electrons. The Morgan fingerprint density at radius 3 is 2.79 bits per heavy atom. The van der Waals surface area contributed by atoms with Crippen LogP contribution in [0.1, 0.15) is 29.0 Å². The minimum atomic E-state index is -0.101. The molecule has 1 heterocycles. The number of ether oxygens (including phenoxy) is 1. The fourth-order valence-electron chi connectivity index (χ4n) is 2.46. The number of hydrogen-bond acceptors (Lipinski definition) is 1. The largest absolute Gasteiger partial charge is 0.490 e. The molecule has 1 aliphatic heterocycles. The summed E-state index contributed by atoms with van der Waals surface area (Å²) in [5.41, 5.74) is 3.54. The van der Waals surface area contributed by atoms with Crippen molar-refractivity contribution in [2.45, 2.75) is 24.8 Å². The fourth-order valence-corrected chi connectivity index (χ4v) is 3.29. The molecule has 2 atom stereocenters. The Morgan fingerprint density at radius 2 is 2.00 bits per heavy atom. The van der Waals surface area contributed by atoms with Crippen LogP contribution in [0.2, 0.25) is 0 Å². The normalized spacial score (nSPS) is 18.8. The first-order chi connectivity index (χ1) is 9.13. The zero-order chi connectivity index (χ0) is 13.4. The van der Waals surface area contributed by atoms with E-state index in [-0.39, 0.29) is 11.5 Å². The minimum Gasteiger partial charge on any atom is -0.490 e. The van der Waals surface area contributed by atoms with Gasteiger partial charge in [-0.1, -0.05) is 24.3 Å². The van der Waals surface area contributed by atoms with Crippen LogP contribution in [-0.4, -0.2) is 6.10 Å². The topological polar surface area (TPSA) is 9.23 Å². The van der Waals surface area contributed by atoms with Gasteiger partial charge in [-0.05, 0) is 64.4 Å². The van der Waals surface area contributed by atoms with E-state index in [2.05, 4.69) is 59.8 Å².